The zero-order valence-electron chi connectivity index (χ0n) is 12.3. The van der Waals surface area contributed by atoms with Gasteiger partial charge in [0.1, 0.15) is 0 Å². The monoisotopic (exact) mass is 331 g/mol. The summed E-state index contributed by atoms with van der Waals surface area (Å²) in [6.45, 7) is 3.18. The second-order valence-corrected chi connectivity index (χ2v) is 7.73. The molecule has 0 saturated carbocycles. The zero-order valence-corrected chi connectivity index (χ0v) is 14.0. The van der Waals surface area contributed by atoms with Gasteiger partial charge in [0, 0.05) is 5.75 Å². The molecule has 5 nitrogen and oxygen atoms in total. The Morgan fingerprint density at radius 2 is 2.36 bits per heavy atom. The summed E-state index contributed by atoms with van der Waals surface area (Å²) in [5.74, 6) is 1.88. The Labute approximate surface area is 137 Å². The first-order valence-electron chi connectivity index (χ1n) is 7.43. The SMILES string of the molecule is Cc1cccc(CSc2nn3c(C4CCCN4)nnc3s2)c1. The van der Waals surface area contributed by atoms with Crippen LogP contribution in [-0.4, -0.2) is 26.4 Å². The molecule has 1 N–H and O–H groups in total. The van der Waals surface area contributed by atoms with Crippen LogP contribution >= 0.6 is 23.1 Å². The van der Waals surface area contributed by atoms with Crippen molar-refractivity contribution >= 4 is 28.1 Å². The summed E-state index contributed by atoms with van der Waals surface area (Å²) in [6, 6.07) is 8.91. The van der Waals surface area contributed by atoms with Crippen molar-refractivity contribution in [2.24, 2.45) is 0 Å². The molecule has 114 valence electrons. The van der Waals surface area contributed by atoms with E-state index in [1.54, 1.807) is 23.1 Å². The van der Waals surface area contributed by atoms with Crippen molar-refractivity contribution in [1.82, 2.24) is 25.1 Å². The highest BCUT2D eigenvalue weighted by Crippen LogP contribution is 2.30. The number of aryl methyl sites for hydroxylation is 1. The van der Waals surface area contributed by atoms with Crippen molar-refractivity contribution in [3.63, 3.8) is 0 Å². The molecule has 22 heavy (non-hydrogen) atoms. The molecule has 3 aromatic rings. The summed E-state index contributed by atoms with van der Waals surface area (Å²) >= 11 is 3.38. The number of nitrogens with one attached hydrogen (secondary N) is 1. The van der Waals surface area contributed by atoms with Crippen molar-refractivity contribution in [2.75, 3.05) is 6.54 Å². The minimum atomic E-state index is 0.298. The van der Waals surface area contributed by atoms with E-state index < -0.39 is 0 Å². The predicted octanol–water partition coefficient (Wildman–Crippen LogP) is 3.21. The molecule has 1 aliphatic heterocycles. The van der Waals surface area contributed by atoms with E-state index in [0.717, 1.165) is 33.8 Å². The fraction of sp³-hybridized carbons (Fsp3) is 0.400. The van der Waals surface area contributed by atoms with Crippen LogP contribution in [0.1, 0.15) is 35.8 Å². The van der Waals surface area contributed by atoms with E-state index in [1.807, 2.05) is 4.52 Å². The maximum atomic E-state index is 4.69. The van der Waals surface area contributed by atoms with Crippen molar-refractivity contribution in [1.29, 1.82) is 0 Å². The second-order valence-electron chi connectivity index (χ2n) is 5.55. The van der Waals surface area contributed by atoms with Crippen LogP contribution in [0.3, 0.4) is 0 Å². The number of hydrogen-bond donors (Lipinski definition) is 1. The van der Waals surface area contributed by atoms with Gasteiger partial charge in [-0.05, 0) is 31.9 Å². The van der Waals surface area contributed by atoms with E-state index in [2.05, 4.69) is 51.8 Å². The summed E-state index contributed by atoms with van der Waals surface area (Å²) in [4.78, 5) is 0.885. The van der Waals surface area contributed by atoms with Gasteiger partial charge in [-0.25, -0.2) is 0 Å². The van der Waals surface area contributed by atoms with Crippen LogP contribution in [0.5, 0.6) is 0 Å². The molecule has 4 rings (SSSR count). The quantitative estimate of drug-likeness (QED) is 0.744. The molecule has 2 aromatic heterocycles. The van der Waals surface area contributed by atoms with Gasteiger partial charge >= 0.3 is 0 Å². The molecule has 3 heterocycles. The largest absolute Gasteiger partial charge is 0.307 e. The first kappa shape index (κ1) is 14.2. The number of aromatic nitrogens is 4. The molecule has 1 unspecified atom stereocenters. The van der Waals surface area contributed by atoms with Gasteiger partial charge in [-0.15, -0.1) is 15.3 Å². The normalized spacial score (nSPS) is 18.3. The van der Waals surface area contributed by atoms with E-state index in [4.69, 9.17) is 0 Å². The number of fused-ring (bicyclic) bond motifs is 1. The highest BCUT2D eigenvalue weighted by atomic mass is 32.2. The molecule has 1 atom stereocenters. The fourth-order valence-corrected chi connectivity index (χ4v) is 4.57. The molecule has 0 radical (unpaired) electrons. The number of nitrogens with zero attached hydrogens (tertiary/aromatic N) is 4. The Morgan fingerprint density at radius 1 is 1.41 bits per heavy atom. The van der Waals surface area contributed by atoms with Gasteiger partial charge in [-0.1, -0.05) is 52.9 Å². The van der Waals surface area contributed by atoms with E-state index >= 15 is 0 Å². The molecule has 0 spiro atoms. The van der Waals surface area contributed by atoms with Gasteiger partial charge < -0.3 is 5.32 Å². The van der Waals surface area contributed by atoms with Crippen molar-refractivity contribution in [3.05, 3.63) is 41.2 Å². The van der Waals surface area contributed by atoms with E-state index in [-0.39, 0.29) is 0 Å². The van der Waals surface area contributed by atoms with E-state index in [0.29, 0.717) is 6.04 Å². The summed E-state index contributed by atoms with van der Waals surface area (Å²) in [5, 5.41) is 16.7. The minimum absolute atomic E-state index is 0.298. The molecule has 1 aliphatic rings. The average Bonchev–Trinajstić information content (AvgIpc) is 3.21. The zero-order chi connectivity index (χ0) is 14.9. The van der Waals surface area contributed by atoms with Crippen LogP contribution in [0, 0.1) is 6.92 Å². The van der Waals surface area contributed by atoms with Gasteiger partial charge in [0.05, 0.1) is 6.04 Å². The highest BCUT2D eigenvalue weighted by Gasteiger charge is 2.23. The van der Waals surface area contributed by atoms with E-state index in [9.17, 15) is 0 Å². The second kappa shape index (κ2) is 5.98. The van der Waals surface area contributed by atoms with Gasteiger partial charge in [0.15, 0.2) is 10.2 Å². The number of benzene rings is 1. The molecular formula is C15H17N5S2. The molecule has 0 amide bonds. The summed E-state index contributed by atoms with van der Waals surface area (Å²) in [6.07, 6.45) is 2.31. The van der Waals surface area contributed by atoms with Gasteiger partial charge in [0.2, 0.25) is 4.96 Å². The Bertz CT molecular complexity index is 788. The molecule has 1 fully saturated rings. The third-order valence-corrected chi connectivity index (χ3v) is 5.92. The Morgan fingerprint density at radius 3 is 3.18 bits per heavy atom. The summed E-state index contributed by atoms with van der Waals surface area (Å²) in [7, 11) is 0. The van der Waals surface area contributed by atoms with Crippen LogP contribution in [0.2, 0.25) is 0 Å². The minimum Gasteiger partial charge on any atom is -0.307 e. The third kappa shape index (κ3) is 2.76. The lowest BCUT2D eigenvalue weighted by atomic mass is 10.2. The van der Waals surface area contributed by atoms with Crippen molar-refractivity contribution in [2.45, 2.75) is 35.9 Å². The van der Waals surface area contributed by atoms with Gasteiger partial charge in [0.25, 0.3) is 0 Å². The number of rotatable bonds is 4. The average molecular weight is 331 g/mol. The topological polar surface area (TPSA) is 55.1 Å². The molecule has 0 bridgehead atoms. The fourth-order valence-electron chi connectivity index (χ4n) is 2.74. The standard InChI is InChI=1S/C15H17N5S2/c1-10-4-2-5-11(8-10)9-21-15-19-20-13(12-6-3-7-16-12)17-18-14(20)22-15/h2,4-5,8,12,16H,3,6-7,9H2,1H3. The molecule has 1 aromatic carbocycles. The third-order valence-electron chi connectivity index (χ3n) is 3.81. The van der Waals surface area contributed by atoms with Crippen molar-refractivity contribution < 1.29 is 0 Å². The van der Waals surface area contributed by atoms with Crippen LogP contribution < -0.4 is 5.32 Å². The lowest BCUT2D eigenvalue weighted by Crippen LogP contribution is -2.16. The van der Waals surface area contributed by atoms with Gasteiger partial charge in [-0.3, -0.25) is 0 Å². The maximum Gasteiger partial charge on any atom is 0.235 e. The molecule has 0 aliphatic carbocycles. The number of thioether (sulfide) groups is 1. The highest BCUT2D eigenvalue weighted by molar-refractivity contribution is 8.00. The Balaban J connectivity index is 1.53. The first-order valence-corrected chi connectivity index (χ1v) is 9.24. The lowest BCUT2D eigenvalue weighted by molar-refractivity contribution is 0.582. The van der Waals surface area contributed by atoms with Crippen LogP contribution in [0.25, 0.3) is 4.96 Å². The smallest absolute Gasteiger partial charge is 0.235 e. The molecule has 7 heteroatoms. The van der Waals surface area contributed by atoms with Crippen LogP contribution in [0.15, 0.2) is 28.6 Å². The Kier molecular flexibility index (Phi) is 3.85. The van der Waals surface area contributed by atoms with Crippen molar-refractivity contribution in [3.8, 4) is 0 Å². The lowest BCUT2D eigenvalue weighted by Gasteiger charge is -2.05. The molecule has 1 saturated heterocycles. The van der Waals surface area contributed by atoms with E-state index in [1.165, 1.54) is 17.5 Å². The molecular weight excluding hydrogens is 314 g/mol. The summed E-state index contributed by atoms with van der Waals surface area (Å²) in [5.41, 5.74) is 2.62. The summed E-state index contributed by atoms with van der Waals surface area (Å²) < 4.78 is 2.96. The maximum absolute atomic E-state index is 4.69. The number of hydrogen-bond acceptors (Lipinski definition) is 6. The van der Waals surface area contributed by atoms with Crippen LogP contribution in [-0.2, 0) is 5.75 Å². The first-order chi connectivity index (χ1) is 10.8. The van der Waals surface area contributed by atoms with Gasteiger partial charge in [-0.2, -0.15) is 4.52 Å². The van der Waals surface area contributed by atoms with Crippen LogP contribution in [0.4, 0.5) is 0 Å². The Hall–Kier alpha value is -1.44. The predicted molar refractivity (Wildman–Crippen MR) is 89.4 cm³/mol.